The Kier molecular flexibility index (Phi) is 3.59. The number of likely N-dealkylation sites (tertiary alicyclic amines) is 2. The summed E-state index contributed by atoms with van der Waals surface area (Å²) in [6.45, 7) is 3.81. The number of rotatable bonds is 2. The summed E-state index contributed by atoms with van der Waals surface area (Å²) in [6.07, 6.45) is 7.00. The first-order valence-electron chi connectivity index (χ1n) is 8.76. The Morgan fingerprint density at radius 1 is 1.30 bits per heavy atom. The predicted octanol–water partition coefficient (Wildman–Crippen LogP) is 2.13. The highest BCUT2D eigenvalue weighted by Crippen LogP contribution is 2.50. The number of aryl methyl sites for hydroxylation is 1. The molecule has 4 rings (SSSR count). The molecule has 1 saturated carbocycles. The van der Waals surface area contributed by atoms with Gasteiger partial charge in [0.1, 0.15) is 0 Å². The molecule has 3 fully saturated rings. The monoisotopic (exact) mass is 318 g/mol. The van der Waals surface area contributed by atoms with Crippen molar-refractivity contribution in [1.29, 1.82) is 0 Å². The zero-order valence-electron chi connectivity index (χ0n) is 13.8. The van der Waals surface area contributed by atoms with Gasteiger partial charge in [0, 0.05) is 44.0 Å². The van der Waals surface area contributed by atoms with Gasteiger partial charge >= 0.3 is 6.09 Å². The molecule has 0 bridgehead atoms. The lowest BCUT2D eigenvalue weighted by atomic mass is 9.64. The Morgan fingerprint density at radius 3 is 2.61 bits per heavy atom. The molecule has 23 heavy (non-hydrogen) atoms. The van der Waals surface area contributed by atoms with Crippen molar-refractivity contribution in [3.05, 3.63) is 18.0 Å². The average molecular weight is 318 g/mol. The Labute approximate surface area is 137 Å². The molecular formula is C17H26N4O2. The lowest BCUT2D eigenvalue weighted by Crippen LogP contribution is -2.54. The smallest absolute Gasteiger partial charge is 0.407 e. The van der Waals surface area contributed by atoms with Crippen LogP contribution in [0.1, 0.15) is 43.7 Å². The normalized spacial score (nSPS) is 32.4. The van der Waals surface area contributed by atoms with Gasteiger partial charge in [0.05, 0.1) is 0 Å². The van der Waals surface area contributed by atoms with Crippen LogP contribution in [0.3, 0.4) is 0 Å². The minimum Gasteiger partial charge on any atom is -0.465 e. The van der Waals surface area contributed by atoms with Gasteiger partial charge in [0.15, 0.2) is 0 Å². The Morgan fingerprint density at radius 2 is 2.04 bits per heavy atom. The molecule has 3 aliphatic rings. The zero-order valence-corrected chi connectivity index (χ0v) is 13.8. The number of amides is 1. The molecule has 2 saturated heterocycles. The highest BCUT2D eigenvalue weighted by molar-refractivity contribution is 5.65. The van der Waals surface area contributed by atoms with Crippen LogP contribution in [0.2, 0.25) is 0 Å². The van der Waals surface area contributed by atoms with Gasteiger partial charge < -0.3 is 14.9 Å². The van der Waals surface area contributed by atoms with E-state index in [9.17, 15) is 4.79 Å². The molecule has 6 nitrogen and oxygen atoms in total. The number of carbonyl (C=O) groups is 1. The van der Waals surface area contributed by atoms with Crippen molar-refractivity contribution in [2.75, 3.05) is 26.2 Å². The van der Waals surface area contributed by atoms with E-state index < -0.39 is 6.09 Å². The van der Waals surface area contributed by atoms with E-state index in [4.69, 9.17) is 5.11 Å². The summed E-state index contributed by atoms with van der Waals surface area (Å²) in [6, 6.07) is 2.83. The summed E-state index contributed by atoms with van der Waals surface area (Å²) in [7, 11) is 2.03. The third kappa shape index (κ3) is 2.63. The van der Waals surface area contributed by atoms with Crippen LogP contribution in [0.4, 0.5) is 4.79 Å². The topological polar surface area (TPSA) is 61.6 Å². The van der Waals surface area contributed by atoms with E-state index in [0.717, 1.165) is 19.5 Å². The number of hydrogen-bond donors (Lipinski definition) is 1. The van der Waals surface area contributed by atoms with E-state index >= 15 is 0 Å². The van der Waals surface area contributed by atoms with Crippen molar-refractivity contribution in [3.8, 4) is 0 Å². The first-order valence-corrected chi connectivity index (χ1v) is 8.76. The molecule has 1 spiro atoms. The van der Waals surface area contributed by atoms with Gasteiger partial charge in [-0.25, -0.2) is 4.79 Å². The van der Waals surface area contributed by atoms with E-state index in [1.807, 2.05) is 17.9 Å². The quantitative estimate of drug-likeness (QED) is 0.907. The van der Waals surface area contributed by atoms with Gasteiger partial charge in [-0.1, -0.05) is 0 Å². The number of piperidine rings is 1. The largest absolute Gasteiger partial charge is 0.465 e. The van der Waals surface area contributed by atoms with E-state index in [1.165, 1.54) is 44.5 Å². The molecule has 0 unspecified atom stereocenters. The van der Waals surface area contributed by atoms with Crippen molar-refractivity contribution in [2.45, 2.75) is 44.1 Å². The molecule has 2 aliphatic heterocycles. The molecule has 0 radical (unpaired) electrons. The van der Waals surface area contributed by atoms with E-state index in [2.05, 4.69) is 16.1 Å². The maximum atomic E-state index is 11.1. The van der Waals surface area contributed by atoms with Gasteiger partial charge in [-0.15, -0.1) is 0 Å². The minimum absolute atomic E-state index is 0.294. The molecule has 3 heterocycles. The first kappa shape index (κ1) is 15.0. The number of nitrogens with zero attached hydrogens (tertiary/aromatic N) is 4. The van der Waals surface area contributed by atoms with Crippen LogP contribution in [-0.2, 0) is 7.05 Å². The highest BCUT2D eigenvalue weighted by Gasteiger charge is 2.51. The fourth-order valence-electron chi connectivity index (χ4n) is 4.97. The molecule has 0 aromatic carbocycles. The average Bonchev–Trinajstić information content (AvgIpc) is 3.12. The molecule has 0 atom stereocenters. The second-order valence-electron chi connectivity index (χ2n) is 7.71. The maximum absolute atomic E-state index is 11.1. The van der Waals surface area contributed by atoms with E-state index in [-0.39, 0.29) is 0 Å². The summed E-state index contributed by atoms with van der Waals surface area (Å²) in [5.41, 5.74) is 1.66. The van der Waals surface area contributed by atoms with Crippen LogP contribution in [0.25, 0.3) is 0 Å². The molecule has 1 amide bonds. The zero-order chi connectivity index (χ0) is 16.0. The molecule has 1 N–H and O–H groups in total. The third-order valence-corrected chi connectivity index (χ3v) is 6.37. The Balaban J connectivity index is 1.28. The molecule has 6 heteroatoms. The molecule has 1 aliphatic carbocycles. The minimum atomic E-state index is -0.748. The second-order valence-corrected chi connectivity index (χ2v) is 7.71. The van der Waals surface area contributed by atoms with Crippen LogP contribution >= 0.6 is 0 Å². The Hall–Kier alpha value is -1.56. The summed E-state index contributed by atoms with van der Waals surface area (Å²) in [4.78, 5) is 15.3. The number of carboxylic acid groups (broad SMARTS) is 1. The molecule has 1 aromatic heterocycles. The van der Waals surface area contributed by atoms with Crippen LogP contribution < -0.4 is 0 Å². The lowest BCUT2D eigenvalue weighted by Gasteiger charge is -2.51. The number of hydrogen-bond acceptors (Lipinski definition) is 3. The summed E-state index contributed by atoms with van der Waals surface area (Å²) >= 11 is 0. The predicted molar refractivity (Wildman–Crippen MR) is 86.4 cm³/mol. The van der Waals surface area contributed by atoms with Crippen LogP contribution in [0.5, 0.6) is 0 Å². The second kappa shape index (κ2) is 5.51. The third-order valence-electron chi connectivity index (χ3n) is 6.37. The van der Waals surface area contributed by atoms with Gasteiger partial charge in [-0.3, -0.25) is 4.68 Å². The van der Waals surface area contributed by atoms with Crippen LogP contribution in [0, 0.1) is 5.41 Å². The van der Waals surface area contributed by atoms with E-state index in [1.54, 1.807) is 4.90 Å². The van der Waals surface area contributed by atoms with Gasteiger partial charge in [-0.05, 0) is 56.7 Å². The van der Waals surface area contributed by atoms with Crippen molar-refractivity contribution >= 4 is 6.09 Å². The molecular weight excluding hydrogens is 292 g/mol. The van der Waals surface area contributed by atoms with Crippen molar-refractivity contribution in [3.63, 3.8) is 0 Å². The highest BCUT2D eigenvalue weighted by atomic mass is 16.4. The van der Waals surface area contributed by atoms with Gasteiger partial charge in [-0.2, -0.15) is 5.10 Å². The van der Waals surface area contributed by atoms with Crippen molar-refractivity contribution in [2.24, 2.45) is 12.5 Å². The summed E-state index contributed by atoms with van der Waals surface area (Å²) < 4.78 is 2.01. The summed E-state index contributed by atoms with van der Waals surface area (Å²) in [5.74, 6) is 0.641. The van der Waals surface area contributed by atoms with Crippen molar-refractivity contribution < 1.29 is 9.90 Å². The Bertz CT molecular complexity index is 585. The lowest BCUT2D eigenvalue weighted by molar-refractivity contribution is -0.00416. The van der Waals surface area contributed by atoms with Gasteiger partial charge in [0.2, 0.25) is 0 Å². The first-order chi connectivity index (χ1) is 11.1. The van der Waals surface area contributed by atoms with E-state index in [0.29, 0.717) is 17.4 Å². The standard InChI is InChI=1S/C17H26N4O2/c1-19-15(2-6-18-19)13-3-7-20(8-4-13)14-10-17(11-14)5-9-21(12-17)16(22)23/h2,6,13-14H,3-5,7-12H2,1H3,(H,22,23)/t14-,17+. The summed E-state index contributed by atoms with van der Waals surface area (Å²) in [5, 5.41) is 13.4. The van der Waals surface area contributed by atoms with Gasteiger partial charge in [0.25, 0.3) is 0 Å². The number of aromatic nitrogens is 2. The maximum Gasteiger partial charge on any atom is 0.407 e. The van der Waals surface area contributed by atoms with Crippen LogP contribution in [-0.4, -0.2) is 63.0 Å². The molecule has 126 valence electrons. The fourth-order valence-corrected chi connectivity index (χ4v) is 4.97. The van der Waals surface area contributed by atoms with Crippen LogP contribution in [0.15, 0.2) is 12.3 Å². The van der Waals surface area contributed by atoms with Crippen molar-refractivity contribution in [1.82, 2.24) is 19.6 Å². The SMILES string of the molecule is Cn1nccc1C1CCN([C@H]2C[C@]3(CCN(C(=O)O)C3)C2)CC1. The molecule has 1 aromatic rings. The fraction of sp³-hybridized carbons (Fsp3) is 0.765.